The number of hydrogen-bond donors (Lipinski definition) is 3. The Morgan fingerprint density at radius 3 is 2.10 bits per heavy atom. The number of fused-ring (bicyclic) bond motifs is 2. The van der Waals surface area contributed by atoms with Gasteiger partial charge in [0.1, 0.15) is 22.9 Å². The molecule has 0 aliphatic carbocycles. The van der Waals surface area contributed by atoms with E-state index in [9.17, 15) is 22.8 Å². The van der Waals surface area contributed by atoms with Crippen molar-refractivity contribution in [1.29, 1.82) is 0 Å². The molecule has 3 N–H and O–H groups in total. The van der Waals surface area contributed by atoms with Crippen LogP contribution in [-0.4, -0.2) is 37.3 Å². The Morgan fingerprint density at radius 2 is 1.57 bits per heavy atom. The van der Waals surface area contributed by atoms with Crippen LogP contribution in [0.15, 0.2) is 53.4 Å². The van der Waals surface area contributed by atoms with E-state index in [0.717, 1.165) is 12.8 Å². The monoisotopic (exact) mass is 436 g/mol. The maximum absolute atomic E-state index is 13.0. The SMILES string of the molecule is O=C(NO)[C@@]1(NS(=O)(=O)c2ccc(Oc3ccc(F)cc3)cc2)C[C@H]2CC[C@@H](C1)O2. The van der Waals surface area contributed by atoms with Gasteiger partial charge in [0.2, 0.25) is 10.0 Å². The summed E-state index contributed by atoms with van der Waals surface area (Å²) in [7, 11) is -4.07. The van der Waals surface area contributed by atoms with Gasteiger partial charge >= 0.3 is 0 Å². The number of ether oxygens (including phenoxy) is 2. The van der Waals surface area contributed by atoms with Crippen LogP contribution in [-0.2, 0) is 19.6 Å². The molecular weight excluding hydrogens is 415 g/mol. The smallest absolute Gasteiger partial charge is 0.264 e. The van der Waals surface area contributed by atoms with Gasteiger partial charge < -0.3 is 9.47 Å². The van der Waals surface area contributed by atoms with Gasteiger partial charge in [0, 0.05) is 12.8 Å². The number of benzene rings is 2. The molecule has 3 atom stereocenters. The summed E-state index contributed by atoms with van der Waals surface area (Å²) in [5.41, 5.74) is 0.106. The molecule has 2 aromatic rings. The molecule has 0 saturated carbocycles. The van der Waals surface area contributed by atoms with Gasteiger partial charge in [-0.05, 0) is 61.4 Å². The van der Waals surface area contributed by atoms with Crippen molar-refractivity contribution in [3.63, 3.8) is 0 Å². The molecule has 8 nitrogen and oxygen atoms in total. The van der Waals surface area contributed by atoms with Crippen LogP contribution in [0.4, 0.5) is 4.39 Å². The molecule has 30 heavy (non-hydrogen) atoms. The highest BCUT2D eigenvalue weighted by Crippen LogP contribution is 2.39. The maximum Gasteiger partial charge on any atom is 0.264 e. The van der Waals surface area contributed by atoms with Crippen molar-refractivity contribution in [2.75, 3.05) is 0 Å². The minimum Gasteiger partial charge on any atom is -0.457 e. The van der Waals surface area contributed by atoms with Crippen LogP contribution in [0.5, 0.6) is 11.5 Å². The molecule has 4 rings (SSSR count). The van der Waals surface area contributed by atoms with Gasteiger partial charge in [-0.3, -0.25) is 10.0 Å². The normalized spacial score (nSPS) is 25.7. The van der Waals surface area contributed by atoms with Crippen molar-refractivity contribution < 1.29 is 32.3 Å². The predicted molar refractivity (Wildman–Crippen MR) is 103 cm³/mol. The van der Waals surface area contributed by atoms with E-state index in [4.69, 9.17) is 9.47 Å². The molecule has 2 fully saturated rings. The molecule has 2 aliphatic rings. The fourth-order valence-electron chi connectivity index (χ4n) is 4.00. The molecule has 2 aliphatic heterocycles. The van der Waals surface area contributed by atoms with Gasteiger partial charge in [-0.2, -0.15) is 4.72 Å². The summed E-state index contributed by atoms with van der Waals surface area (Å²) in [5.74, 6) is -0.423. The Kier molecular flexibility index (Phi) is 5.49. The molecule has 1 amide bonds. The van der Waals surface area contributed by atoms with Gasteiger partial charge in [0.05, 0.1) is 17.1 Å². The van der Waals surface area contributed by atoms with Crippen molar-refractivity contribution in [2.45, 2.75) is 48.3 Å². The van der Waals surface area contributed by atoms with Crippen molar-refractivity contribution in [1.82, 2.24) is 10.2 Å². The Bertz CT molecular complexity index is 1010. The van der Waals surface area contributed by atoms with E-state index in [2.05, 4.69) is 4.72 Å². The largest absolute Gasteiger partial charge is 0.457 e. The number of sulfonamides is 1. The number of nitrogens with one attached hydrogen (secondary N) is 2. The van der Waals surface area contributed by atoms with Crippen LogP contribution in [0.2, 0.25) is 0 Å². The lowest BCUT2D eigenvalue weighted by Gasteiger charge is -2.38. The number of hydroxylamine groups is 1. The summed E-state index contributed by atoms with van der Waals surface area (Å²) in [5, 5.41) is 9.19. The van der Waals surface area contributed by atoms with Gasteiger partial charge in [0.25, 0.3) is 5.91 Å². The van der Waals surface area contributed by atoms with E-state index in [1.165, 1.54) is 48.5 Å². The molecule has 2 bridgehead atoms. The molecule has 2 saturated heterocycles. The van der Waals surface area contributed by atoms with Crippen molar-refractivity contribution >= 4 is 15.9 Å². The van der Waals surface area contributed by atoms with Gasteiger partial charge in [-0.25, -0.2) is 18.3 Å². The van der Waals surface area contributed by atoms with Crippen molar-refractivity contribution in [2.24, 2.45) is 0 Å². The van der Waals surface area contributed by atoms with E-state index >= 15 is 0 Å². The zero-order valence-electron chi connectivity index (χ0n) is 15.9. The first-order valence-corrected chi connectivity index (χ1v) is 11.0. The summed E-state index contributed by atoms with van der Waals surface area (Å²) in [6.07, 6.45) is 1.28. The average Bonchev–Trinajstić information content (AvgIpc) is 3.07. The van der Waals surface area contributed by atoms with Crippen LogP contribution in [0.25, 0.3) is 0 Å². The van der Waals surface area contributed by atoms with Gasteiger partial charge in [-0.15, -0.1) is 0 Å². The highest BCUT2D eigenvalue weighted by atomic mass is 32.2. The second-order valence-electron chi connectivity index (χ2n) is 7.52. The van der Waals surface area contributed by atoms with E-state index in [1.54, 1.807) is 5.48 Å². The van der Waals surface area contributed by atoms with Crippen LogP contribution < -0.4 is 14.9 Å². The molecule has 2 aromatic carbocycles. The lowest BCUT2D eigenvalue weighted by atomic mass is 9.87. The van der Waals surface area contributed by atoms with Crippen LogP contribution in [0, 0.1) is 5.82 Å². The first-order valence-electron chi connectivity index (χ1n) is 9.47. The molecule has 0 aromatic heterocycles. The summed E-state index contributed by atoms with van der Waals surface area (Å²) >= 11 is 0. The predicted octanol–water partition coefficient (Wildman–Crippen LogP) is 2.48. The molecule has 0 radical (unpaired) electrons. The van der Waals surface area contributed by atoms with E-state index in [0.29, 0.717) is 11.5 Å². The van der Waals surface area contributed by atoms with Crippen molar-refractivity contribution in [3.8, 4) is 11.5 Å². The standard InChI is InChI=1S/C20H21FN2O6S/c21-13-1-3-14(4-2-13)28-15-7-9-18(10-8-15)30(26,27)23-20(19(24)22-25)11-16-5-6-17(12-20)29-16/h1-4,7-10,16-17,23,25H,5-6,11-12H2,(H,22,24)/t16-,17+,20-. The molecule has 0 unspecified atom stereocenters. The number of amides is 1. The number of halogens is 1. The molecule has 2 heterocycles. The quantitative estimate of drug-likeness (QED) is 0.474. The van der Waals surface area contributed by atoms with Gasteiger partial charge in [0.15, 0.2) is 0 Å². The van der Waals surface area contributed by atoms with Gasteiger partial charge in [-0.1, -0.05) is 0 Å². The summed E-state index contributed by atoms with van der Waals surface area (Å²) in [6.45, 7) is 0. The van der Waals surface area contributed by atoms with E-state index in [-0.39, 0.29) is 29.9 Å². The summed E-state index contributed by atoms with van der Waals surface area (Å²) < 4.78 is 52.7. The highest BCUT2D eigenvalue weighted by molar-refractivity contribution is 7.89. The highest BCUT2D eigenvalue weighted by Gasteiger charge is 2.51. The fraction of sp³-hybridized carbons (Fsp3) is 0.350. The third kappa shape index (κ3) is 4.17. The Balaban J connectivity index is 1.53. The number of rotatable bonds is 6. The second kappa shape index (κ2) is 7.95. The average molecular weight is 436 g/mol. The maximum atomic E-state index is 13.0. The molecule has 160 valence electrons. The number of carbonyl (C=O) groups is 1. The minimum atomic E-state index is -4.07. The molecule has 10 heteroatoms. The third-order valence-electron chi connectivity index (χ3n) is 5.40. The van der Waals surface area contributed by atoms with Crippen LogP contribution in [0.1, 0.15) is 25.7 Å². The topological polar surface area (TPSA) is 114 Å². The summed E-state index contributed by atoms with van der Waals surface area (Å²) in [6, 6.07) is 11.0. The zero-order chi connectivity index (χ0) is 21.4. The molecule has 0 spiro atoms. The van der Waals surface area contributed by atoms with E-state index < -0.39 is 27.3 Å². The lowest BCUT2D eigenvalue weighted by molar-refractivity contribution is -0.142. The van der Waals surface area contributed by atoms with E-state index in [1.807, 2.05) is 0 Å². The first kappa shape index (κ1) is 20.7. The Labute approximate surface area is 173 Å². The molecular formula is C20H21FN2O6S. The lowest BCUT2D eigenvalue weighted by Crippen LogP contribution is -2.62. The second-order valence-corrected chi connectivity index (χ2v) is 9.20. The number of carbonyl (C=O) groups excluding carboxylic acids is 1. The van der Waals surface area contributed by atoms with Crippen molar-refractivity contribution in [3.05, 3.63) is 54.3 Å². The fourth-order valence-corrected chi connectivity index (χ4v) is 5.39. The minimum absolute atomic E-state index is 0.0575. The van der Waals surface area contributed by atoms with Crippen LogP contribution in [0.3, 0.4) is 0 Å². The Hall–Kier alpha value is -2.53. The Morgan fingerprint density at radius 1 is 1.03 bits per heavy atom. The van der Waals surface area contributed by atoms with Crippen LogP contribution >= 0.6 is 0 Å². The zero-order valence-corrected chi connectivity index (χ0v) is 16.7. The number of hydrogen-bond acceptors (Lipinski definition) is 6. The first-order chi connectivity index (χ1) is 14.3. The summed E-state index contributed by atoms with van der Waals surface area (Å²) in [4.78, 5) is 12.4. The third-order valence-corrected chi connectivity index (χ3v) is 6.95.